The minimum absolute atomic E-state index is 0.181. The lowest BCUT2D eigenvalue weighted by Gasteiger charge is -2.35. The minimum Gasteiger partial charge on any atom is -0.380 e. The van der Waals surface area contributed by atoms with Crippen molar-refractivity contribution in [1.82, 2.24) is 15.1 Å². The SMILES string of the molecule is CN1CCC(O)(C(=O)NCC[C@@H]2CCN(Cc3ccccc3)C2)CC1. The van der Waals surface area contributed by atoms with Gasteiger partial charge in [0, 0.05) is 32.7 Å². The number of rotatable bonds is 6. The number of amides is 1. The fraction of sp³-hybridized carbons (Fsp3) is 0.650. The number of carbonyl (C=O) groups is 1. The first-order valence-electron chi connectivity index (χ1n) is 9.51. The second-order valence-electron chi connectivity index (χ2n) is 7.75. The third-order valence-corrected chi connectivity index (χ3v) is 5.69. The fourth-order valence-electron chi connectivity index (χ4n) is 3.90. The van der Waals surface area contributed by atoms with Crippen molar-refractivity contribution in [2.24, 2.45) is 5.92 Å². The molecule has 138 valence electrons. The van der Waals surface area contributed by atoms with Crippen LogP contribution in [-0.4, -0.2) is 66.2 Å². The van der Waals surface area contributed by atoms with Crippen LogP contribution in [0.5, 0.6) is 0 Å². The molecule has 0 aromatic heterocycles. The first-order chi connectivity index (χ1) is 12.0. The Bertz CT molecular complexity index is 555. The van der Waals surface area contributed by atoms with Gasteiger partial charge in [0.15, 0.2) is 0 Å². The largest absolute Gasteiger partial charge is 0.380 e. The van der Waals surface area contributed by atoms with Crippen molar-refractivity contribution in [2.75, 3.05) is 39.8 Å². The van der Waals surface area contributed by atoms with Crippen molar-refractivity contribution in [3.63, 3.8) is 0 Å². The highest BCUT2D eigenvalue weighted by atomic mass is 16.3. The van der Waals surface area contributed by atoms with Crippen molar-refractivity contribution in [3.8, 4) is 0 Å². The van der Waals surface area contributed by atoms with E-state index in [0.29, 0.717) is 25.3 Å². The van der Waals surface area contributed by atoms with E-state index in [9.17, 15) is 9.90 Å². The number of hydrogen-bond donors (Lipinski definition) is 2. The topological polar surface area (TPSA) is 55.8 Å². The summed E-state index contributed by atoms with van der Waals surface area (Å²) in [6, 6.07) is 10.6. The average molecular weight is 345 g/mol. The minimum atomic E-state index is -1.17. The Hall–Kier alpha value is -1.43. The Morgan fingerprint density at radius 3 is 2.68 bits per heavy atom. The molecule has 0 spiro atoms. The van der Waals surface area contributed by atoms with Crippen LogP contribution >= 0.6 is 0 Å². The van der Waals surface area contributed by atoms with E-state index in [4.69, 9.17) is 0 Å². The second kappa shape index (κ2) is 8.30. The van der Waals surface area contributed by atoms with Gasteiger partial charge in [-0.15, -0.1) is 0 Å². The van der Waals surface area contributed by atoms with E-state index in [-0.39, 0.29) is 5.91 Å². The molecule has 0 radical (unpaired) electrons. The van der Waals surface area contributed by atoms with E-state index < -0.39 is 5.60 Å². The van der Waals surface area contributed by atoms with Crippen molar-refractivity contribution in [1.29, 1.82) is 0 Å². The zero-order valence-electron chi connectivity index (χ0n) is 15.3. The Morgan fingerprint density at radius 1 is 1.24 bits per heavy atom. The van der Waals surface area contributed by atoms with Crippen molar-refractivity contribution < 1.29 is 9.90 Å². The van der Waals surface area contributed by atoms with Crippen LogP contribution in [0.25, 0.3) is 0 Å². The van der Waals surface area contributed by atoms with E-state index in [0.717, 1.165) is 39.1 Å². The third kappa shape index (κ3) is 5.03. The monoisotopic (exact) mass is 345 g/mol. The summed E-state index contributed by atoms with van der Waals surface area (Å²) in [7, 11) is 2.03. The van der Waals surface area contributed by atoms with Crippen LogP contribution in [0.15, 0.2) is 30.3 Å². The molecule has 2 saturated heterocycles. The first kappa shape index (κ1) is 18.4. The highest BCUT2D eigenvalue weighted by molar-refractivity contribution is 5.85. The van der Waals surface area contributed by atoms with Gasteiger partial charge in [0.1, 0.15) is 5.60 Å². The van der Waals surface area contributed by atoms with Gasteiger partial charge in [-0.05, 0) is 50.8 Å². The summed E-state index contributed by atoms with van der Waals surface area (Å²) in [5.74, 6) is 0.455. The Labute approximate surface area is 151 Å². The molecule has 25 heavy (non-hydrogen) atoms. The van der Waals surface area contributed by atoms with Gasteiger partial charge in [-0.1, -0.05) is 30.3 Å². The average Bonchev–Trinajstić information content (AvgIpc) is 3.06. The van der Waals surface area contributed by atoms with E-state index in [1.54, 1.807) is 0 Å². The molecular formula is C20H31N3O2. The van der Waals surface area contributed by atoms with E-state index in [2.05, 4.69) is 45.4 Å². The van der Waals surface area contributed by atoms with Crippen LogP contribution in [0, 0.1) is 5.92 Å². The van der Waals surface area contributed by atoms with Crippen LogP contribution < -0.4 is 5.32 Å². The summed E-state index contributed by atoms with van der Waals surface area (Å²) in [4.78, 5) is 17.0. The van der Waals surface area contributed by atoms with Crippen LogP contribution in [0.2, 0.25) is 0 Å². The molecule has 2 heterocycles. The van der Waals surface area contributed by atoms with Crippen LogP contribution in [0.3, 0.4) is 0 Å². The highest BCUT2D eigenvalue weighted by Gasteiger charge is 2.38. The summed E-state index contributed by atoms with van der Waals surface area (Å²) in [6.07, 6.45) is 3.25. The van der Waals surface area contributed by atoms with Crippen molar-refractivity contribution >= 4 is 5.91 Å². The Morgan fingerprint density at radius 2 is 1.96 bits per heavy atom. The molecule has 1 amide bonds. The number of piperidine rings is 1. The molecular weight excluding hydrogens is 314 g/mol. The van der Waals surface area contributed by atoms with E-state index in [1.807, 2.05) is 7.05 Å². The molecule has 0 aliphatic carbocycles. The van der Waals surface area contributed by atoms with E-state index >= 15 is 0 Å². The van der Waals surface area contributed by atoms with Gasteiger partial charge in [0.2, 0.25) is 0 Å². The highest BCUT2D eigenvalue weighted by Crippen LogP contribution is 2.23. The van der Waals surface area contributed by atoms with Crippen LogP contribution in [-0.2, 0) is 11.3 Å². The Kier molecular flexibility index (Phi) is 6.10. The Balaban J connectivity index is 1.36. The number of nitrogens with one attached hydrogen (secondary N) is 1. The molecule has 2 N–H and O–H groups in total. The number of hydrogen-bond acceptors (Lipinski definition) is 4. The molecule has 0 saturated carbocycles. The predicted molar refractivity (Wildman–Crippen MR) is 99.1 cm³/mol. The zero-order chi connectivity index (χ0) is 17.7. The maximum atomic E-state index is 12.3. The number of nitrogens with zero attached hydrogens (tertiary/aromatic N) is 2. The predicted octanol–water partition coefficient (Wildman–Crippen LogP) is 1.47. The number of likely N-dealkylation sites (tertiary alicyclic amines) is 2. The van der Waals surface area contributed by atoms with Gasteiger partial charge in [0.05, 0.1) is 0 Å². The molecule has 0 bridgehead atoms. The fourth-order valence-corrected chi connectivity index (χ4v) is 3.90. The van der Waals surface area contributed by atoms with Gasteiger partial charge in [-0.25, -0.2) is 0 Å². The summed E-state index contributed by atoms with van der Waals surface area (Å²) in [5, 5.41) is 13.5. The molecule has 2 aliphatic heterocycles. The van der Waals surface area contributed by atoms with Crippen LogP contribution in [0.1, 0.15) is 31.2 Å². The number of carbonyl (C=O) groups excluding carboxylic acids is 1. The van der Waals surface area contributed by atoms with E-state index in [1.165, 1.54) is 12.0 Å². The van der Waals surface area contributed by atoms with Crippen molar-refractivity contribution in [3.05, 3.63) is 35.9 Å². The quantitative estimate of drug-likeness (QED) is 0.820. The summed E-state index contributed by atoms with van der Waals surface area (Å²) >= 11 is 0. The van der Waals surface area contributed by atoms with Gasteiger partial charge < -0.3 is 15.3 Å². The summed E-state index contributed by atoms with van der Waals surface area (Å²) in [5.41, 5.74) is 0.197. The molecule has 2 aliphatic rings. The molecule has 1 aromatic rings. The zero-order valence-corrected chi connectivity index (χ0v) is 15.3. The molecule has 5 heteroatoms. The molecule has 5 nitrogen and oxygen atoms in total. The normalized spacial score (nSPS) is 24.3. The lowest BCUT2D eigenvalue weighted by atomic mass is 9.90. The van der Waals surface area contributed by atoms with Crippen molar-refractivity contribution in [2.45, 2.75) is 37.8 Å². The molecule has 1 atom stereocenters. The maximum Gasteiger partial charge on any atom is 0.252 e. The first-order valence-corrected chi connectivity index (χ1v) is 9.51. The lowest BCUT2D eigenvalue weighted by Crippen LogP contribution is -2.53. The lowest BCUT2D eigenvalue weighted by molar-refractivity contribution is -0.144. The molecule has 1 aromatic carbocycles. The maximum absolute atomic E-state index is 12.3. The number of benzene rings is 1. The van der Waals surface area contributed by atoms with Crippen LogP contribution in [0.4, 0.5) is 0 Å². The smallest absolute Gasteiger partial charge is 0.252 e. The number of aliphatic hydroxyl groups is 1. The summed E-state index contributed by atoms with van der Waals surface area (Å²) < 4.78 is 0. The summed E-state index contributed by atoms with van der Waals surface area (Å²) in [6.45, 7) is 5.46. The standard InChI is InChI=1S/C20H31N3O2/c1-22-13-9-20(25,10-14-22)19(24)21-11-7-18-8-12-23(16-18)15-17-5-3-2-4-6-17/h2-6,18,25H,7-16H2,1H3,(H,21,24)/t18-/m1/s1. The van der Waals surface area contributed by atoms with Gasteiger partial charge in [-0.2, -0.15) is 0 Å². The third-order valence-electron chi connectivity index (χ3n) is 5.69. The van der Waals surface area contributed by atoms with Gasteiger partial charge >= 0.3 is 0 Å². The second-order valence-corrected chi connectivity index (χ2v) is 7.75. The molecule has 3 rings (SSSR count). The molecule has 2 fully saturated rings. The van der Waals surface area contributed by atoms with Gasteiger partial charge in [-0.3, -0.25) is 9.69 Å². The van der Waals surface area contributed by atoms with Gasteiger partial charge in [0.25, 0.3) is 5.91 Å². The molecule has 0 unspecified atom stereocenters.